The van der Waals surface area contributed by atoms with Crippen LogP contribution in [0, 0.1) is 0 Å². The number of thiazole rings is 1. The summed E-state index contributed by atoms with van der Waals surface area (Å²) in [4.78, 5) is 27.9. The van der Waals surface area contributed by atoms with Crippen LogP contribution >= 0.6 is 11.3 Å². The first-order chi connectivity index (χ1) is 13.8. The third kappa shape index (κ3) is 4.92. The number of aromatic nitrogens is 3. The van der Waals surface area contributed by atoms with Gasteiger partial charge in [0.25, 0.3) is 0 Å². The van der Waals surface area contributed by atoms with Gasteiger partial charge in [0.05, 0.1) is 17.1 Å². The van der Waals surface area contributed by atoms with Crippen LogP contribution in [-0.2, 0) is 17.6 Å². The van der Waals surface area contributed by atoms with Crippen molar-refractivity contribution < 1.29 is 4.79 Å². The van der Waals surface area contributed by atoms with Gasteiger partial charge in [0.2, 0.25) is 11.9 Å². The molecule has 4 rings (SSSR count). The zero-order chi connectivity index (χ0) is 19.2. The first-order valence-corrected chi connectivity index (χ1v) is 10.4. The summed E-state index contributed by atoms with van der Waals surface area (Å²) in [5, 5.41) is 6.18. The molecule has 1 aliphatic rings. The molecule has 1 amide bonds. The third-order valence-corrected chi connectivity index (χ3v) is 5.66. The predicted octanol–water partition coefficient (Wildman–Crippen LogP) is 2.85. The van der Waals surface area contributed by atoms with Gasteiger partial charge < -0.3 is 10.2 Å². The Kier molecular flexibility index (Phi) is 5.92. The largest absolute Gasteiger partial charge is 0.351 e. The minimum Gasteiger partial charge on any atom is -0.351 e. The SMILES string of the molecule is O=C(Cc1csc(Cc2ccccc2)n1)N[C@H]1CCCN(c2ncccn2)C1. The Balaban J connectivity index is 1.29. The summed E-state index contributed by atoms with van der Waals surface area (Å²) < 4.78 is 0. The van der Waals surface area contributed by atoms with Gasteiger partial charge in [-0.2, -0.15) is 0 Å². The van der Waals surface area contributed by atoms with Crippen LogP contribution in [0.1, 0.15) is 29.1 Å². The molecule has 7 heteroatoms. The summed E-state index contributed by atoms with van der Waals surface area (Å²) >= 11 is 1.61. The lowest BCUT2D eigenvalue weighted by molar-refractivity contribution is -0.121. The molecule has 1 saturated heterocycles. The van der Waals surface area contributed by atoms with Crippen LogP contribution in [0.2, 0.25) is 0 Å². The van der Waals surface area contributed by atoms with Crippen molar-refractivity contribution in [1.29, 1.82) is 0 Å². The van der Waals surface area contributed by atoms with Gasteiger partial charge in [0.1, 0.15) is 0 Å². The van der Waals surface area contributed by atoms with Crippen LogP contribution in [0.3, 0.4) is 0 Å². The monoisotopic (exact) mass is 393 g/mol. The number of carbonyl (C=O) groups is 1. The van der Waals surface area contributed by atoms with Gasteiger partial charge in [-0.1, -0.05) is 30.3 Å². The van der Waals surface area contributed by atoms with Crippen LogP contribution in [0.4, 0.5) is 5.95 Å². The van der Waals surface area contributed by atoms with Crippen molar-refractivity contribution in [3.63, 3.8) is 0 Å². The average Bonchev–Trinajstić information content (AvgIpc) is 3.16. The van der Waals surface area contributed by atoms with Crippen LogP contribution in [0.15, 0.2) is 54.2 Å². The smallest absolute Gasteiger partial charge is 0.226 e. The van der Waals surface area contributed by atoms with Crippen LogP contribution in [0.25, 0.3) is 0 Å². The molecular weight excluding hydrogens is 370 g/mol. The topological polar surface area (TPSA) is 71.0 Å². The van der Waals surface area contributed by atoms with Crippen LogP contribution in [0.5, 0.6) is 0 Å². The highest BCUT2D eigenvalue weighted by molar-refractivity contribution is 7.09. The Bertz CT molecular complexity index is 899. The fourth-order valence-corrected chi connectivity index (χ4v) is 4.28. The molecular formula is C21H23N5OS. The van der Waals surface area contributed by atoms with E-state index in [2.05, 4.69) is 37.3 Å². The maximum Gasteiger partial charge on any atom is 0.226 e. The Hall–Kier alpha value is -2.80. The summed E-state index contributed by atoms with van der Waals surface area (Å²) in [6.45, 7) is 1.66. The molecule has 144 valence electrons. The first kappa shape index (κ1) is 18.6. The van der Waals surface area contributed by atoms with Gasteiger partial charge in [-0.15, -0.1) is 11.3 Å². The van der Waals surface area contributed by atoms with E-state index < -0.39 is 0 Å². The molecule has 0 unspecified atom stereocenters. The number of piperidine rings is 1. The number of hydrogen-bond acceptors (Lipinski definition) is 6. The normalized spacial score (nSPS) is 16.7. The molecule has 0 aliphatic carbocycles. The number of amides is 1. The van der Waals surface area contributed by atoms with E-state index in [4.69, 9.17) is 0 Å². The quantitative estimate of drug-likeness (QED) is 0.697. The second-order valence-electron chi connectivity index (χ2n) is 6.97. The zero-order valence-electron chi connectivity index (χ0n) is 15.6. The van der Waals surface area contributed by atoms with Crippen LogP contribution < -0.4 is 10.2 Å². The number of nitrogens with one attached hydrogen (secondary N) is 1. The summed E-state index contributed by atoms with van der Waals surface area (Å²) in [5.41, 5.74) is 2.07. The molecule has 0 radical (unpaired) electrons. The number of anilines is 1. The molecule has 1 aromatic carbocycles. The standard InChI is InChI=1S/C21H23N5OS/c27-19(13-18-15-28-20(25-18)12-16-6-2-1-3-7-16)24-17-8-4-11-26(14-17)21-22-9-5-10-23-21/h1-3,5-7,9-10,15,17H,4,8,11-14H2,(H,24,27)/t17-/m0/s1. The molecule has 1 aliphatic heterocycles. The van der Waals surface area contributed by atoms with Gasteiger partial charge in [-0.3, -0.25) is 4.79 Å². The second-order valence-corrected chi connectivity index (χ2v) is 7.92. The van der Waals surface area contributed by atoms with Gasteiger partial charge >= 0.3 is 0 Å². The number of benzene rings is 1. The molecule has 1 fully saturated rings. The molecule has 1 N–H and O–H groups in total. The molecule has 28 heavy (non-hydrogen) atoms. The summed E-state index contributed by atoms with van der Waals surface area (Å²) in [7, 11) is 0. The number of nitrogens with zero attached hydrogens (tertiary/aromatic N) is 4. The van der Waals surface area contributed by atoms with E-state index in [0.29, 0.717) is 6.42 Å². The maximum absolute atomic E-state index is 12.5. The summed E-state index contributed by atoms with van der Waals surface area (Å²) in [6, 6.07) is 12.2. The van der Waals surface area contributed by atoms with E-state index in [9.17, 15) is 4.79 Å². The van der Waals surface area contributed by atoms with E-state index in [0.717, 1.165) is 49.0 Å². The Morgan fingerprint density at radius 2 is 2.00 bits per heavy atom. The van der Waals surface area contributed by atoms with Crippen molar-refractivity contribution in [1.82, 2.24) is 20.3 Å². The molecule has 0 bridgehead atoms. The molecule has 3 aromatic rings. The van der Waals surface area contributed by atoms with E-state index >= 15 is 0 Å². The van der Waals surface area contributed by atoms with E-state index in [1.807, 2.05) is 29.6 Å². The van der Waals surface area contributed by atoms with Crippen molar-refractivity contribution in [3.05, 3.63) is 70.4 Å². The molecule has 0 spiro atoms. The highest BCUT2D eigenvalue weighted by atomic mass is 32.1. The minimum atomic E-state index is 0.0254. The molecule has 6 nitrogen and oxygen atoms in total. The zero-order valence-corrected chi connectivity index (χ0v) is 16.4. The van der Waals surface area contributed by atoms with E-state index in [1.54, 1.807) is 23.7 Å². The van der Waals surface area contributed by atoms with Crippen molar-refractivity contribution in [2.75, 3.05) is 18.0 Å². The van der Waals surface area contributed by atoms with E-state index in [-0.39, 0.29) is 11.9 Å². The maximum atomic E-state index is 12.5. The summed E-state index contributed by atoms with van der Waals surface area (Å²) in [6.07, 6.45) is 6.62. The molecule has 2 aromatic heterocycles. The van der Waals surface area contributed by atoms with Gasteiger partial charge in [-0.25, -0.2) is 15.0 Å². The van der Waals surface area contributed by atoms with Crippen molar-refractivity contribution in [3.8, 4) is 0 Å². The van der Waals surface area contributed by atoms with Crippen molar-refractivity contribution in [2.24, 2.45) is 0 Å². The lowest BCUT2D eigenvalue weighted by atomic mass is 10.1. The minimum absolute atomic E-state index is 0.0254. The average molecular weight is 394 g/mol. The van der Waals surface area contributed by atoms with Crippen molar-refractivity contribution in [2.45, 2.75) is 31.7 Å². The first-order valence-electron chi connectivity index (χ1n) is 9.55. The van der Waals surface area contributed by atoms with Gasteiger partial charge in [0, 0.05) is 43.3 Å². The van der Waals surface area contributed by atoms with E-state index in [1.165, 1.54) is 5.56 Å². The Morgan fingerprint density at radius 1 is 1.18 bits per heavy atom. The molecule has 3 heterocycles. The van der Waals surface area contributed by atoms with Gasteiger partial charge in [0.15, 0.2) is 0 Å². The Morgan fingerprint density at radius 3 is 2.82 bits per heavy atom. The molecule has 0 saturated carbocycles. The number of carbonyl (C=O) groups excluding carboxylic acids is 1. The second kappa shape index (κ2) is 8.93. The lowest BCUT2D eigenvalue weighted by Gasteiger charge is -2.33. The van der Waals surface area contributed by atoms with Gasteiger partial charge in [-0.05, 0) is 24.5 Å². The van der Waals surface area contributed by atoms with Crippen LogP contribution in [-0.4, -0.2) is 40.0 Å². The predicted molar refractivity (Wildman–Crippen MR) is 110 cm³/mol. The Labute approximate surface area is 168 Å². The third-order valence-electron chi connectivity index (χ3n) is 4.76. The number of hydrogen-bond donors (Lipinski definition) is 1. The fraction of sp³-hybridized carbons (Fsp3) is 0.333. The fourth-order valence-electron chi connectivity index (χ4n) is 3.46. The highest BCUT2D eigenvalue weighted by Gasteiger charge is 2.23. The highest BCUT2D eigenvalue weighted by Crippen LogP contribution is 2.17. The van der Waals surface area contributed by atoms with Crippen molar-refractivity contribution >= 4 is 23.2 Å². The lowest BCUT2D eigenvalue weighted by Crippen LogP contribution is -2.48. The summed E-state index contributed by atoms with van der Waals surface area (Å²) in [5.74, 6) is 0.754. The molecule has 1 atom stereocenters. The number of rotatable bonds is 6.